The molecule has 0 saturated carbocycles. The van der Waals surface area contributed by atoms with Crippen LogP contribution in [0.3, 0.4) is 0 Å². The van der Waals surface area contributed by atoms with Gasteiger partial charge in [0.15, 0.2) is 0 Å². The second-order valence-electron chi connectivity index (χ2n) is 5.47. The summed E-state index contributed by atoms with van der Waals surface area (Å²) in [6, 6.07) is 13.8. The molecule has 24 heavy (non-hydrogen) atoms. The lowest BCUT2D eigenvalue weighted by atomic mass is 10.1. The lowest BCUT2D eigenvalue weighted by Gasteiger charge is -2.16. The summed E-state index contributed by atoms with van der Waals surface area (Å²) in [7, 11) is 0. The Morgan fingerprint density at radius 1 is 1.12 bits per heavy atom. The number of fused-ring (bicyclic) bond motifs is 2. The maximum atomic E-state index is 12.6. The van der Waals surface area contributed by atoms with E-state index in [2.05, 4.69) is 9.72 Å². The van der Waals surface area contributed by atoms with Crippen LogP contribution in [-0.2, 0) is 6.54 Å². The number of benzene rings is 2. The Morgan fingerprint density at radius 2 is 2.00 bits per heavy atom. The highest BCUT2D eigenvalue weighted by atomic mass is 19.3. The fourth-order valence-corrected chi connectivity index (χ4v) is 2.90. The maximum Gasteiger partial charge on any atom is 0.387 e. The number of hydrogen-bond donors (Lipinski definition) is 0. The molecule has 0 unspecified atom stereocenters. The third-order valence-electron chi connectivity index (χ3n) is 4.01. The second-order valence-corrected chi connectivity index (χ2v) is 5.47. The number of carbonyl (C=O) groups excluding carboxylic acids is 1. The van der Waals surface area contributed by atoms with Gasteiger partial charge in [0.2, 0.25) is 0 Å². The molecule has 1 aliphatic rings. The van der Waals surface area contributed by atoms with E-state index >= 15 is 0 Å². The molecule has 6 heteroatoms. The minimum atomic E-state index is -2.91. The maximum absolute atomic E-state index is 12.6. The zero-order chi connectivity index (χ0) is 16.7. The Morgan fingerprint density at radius 3 is 2.83 bits per heavy atom. The van der Waals surface area contributed by atoms with Gasteiger partial charge in [-0.15, -0.1) is 0 Å². The number of carbonyl (C=O) groups is 1. The van der Waals surface area contributed by atoms with Crippen LogP contribution >= 0.6 is 0 Å². The van der Waals surface area contributed by atoms with Crippen LogP contribution in [0.1, 0.15) is 15.9 Å². The summed E-state index contributed by atoms with van der Waals surface area (Å²) in [6.07, 6.45) is 1.71. The molecule has 0 radical (unpaired) electrons. The number of nitrogens with zero attached hydrogens (tertiary/aromatic N) is 2. The van der Waals surface area contributed by atoms with E-state index in [1.54, 1.807) is 17.2 Å². The Balaban J connectivity index is 1.68. The van der Waals surface area contributed by atoms with E-state index in [9.17, 15) is 13.6 Å². The van der Waals surface area contributed by atoms with Crippen LogP contribution in [0.4, 0.5) is 14.5 Å². The summed E-state index contributed by atoms with van der Waals surface area (Å²) in [5.74, 6) is -0.241. The molecule has 120 valence electrons. The van der Waals surface area contributed by atoms with Crippen LogP contribution in [-0.4, -0.2) is 17.5 Å². The molecule has 0 aliphatic carbocycles. The zero-order valence-corrected chi connectivity index (χ0v) is 12.4. The van der Waals surface area contributed by atoms with Crippen molar-refractivity contribution in [3.05, 3.63) is 65.9 Å². The molecule has 2 aromatic carbocycles. The average molecular weight is 326 g/mol. The van der Waals surface area contributed by atoms with Crippen molar-refractivity contribution in [1.82, 2.24) is 4.98 Å². The standard InChI is InChI=1S/C18H12F2N2O2/c19-18(20)24-14-5-3-12-10-22(17(23)15(12)9-14)13-4-6-16-11(8-13)2-1-7-21-16/h1-9,18H,10H2. The molecule has 2 heterocycles. The summed E-state index contributed by atoms with van der Waals surface area (Å²) in [6.45, 7) is -2.52. The number of alkyl halides is 2. The van der Waals surface area contributed by atoms with E-state index in [0.717, 1.165) is 22.2 Å². The molecule has 0 bridgehead atoms. The van der Waals surface area contributed by atoms with Crippen molar-refractivity contribution in [3.8, 4) is 5.75 Å². The third kappa shape index (κ3) is 2.46. The summed E-state index contributed by atoms with van der Waals surface area (Å²) in [5.41, 5.74) is 2.76. The van der Waals surface area contributed by atoms with Gasteiger partial charge in [-0.2, -0.15) is 8.78 Å². The fourth-order valence-electron chi connectivity index (χ4n) is 2.90. The van der Waals surface area contributed by atoms with Crippen LogP contribution in [0.25, 0.3) is 10.9 Å². The minimum absolute atomic E-state index is 0.0124. The Hall–Kier alpha value is -3.02. The van der Waals surface area contributed by atoms with Crippen LogP contribution in [0.2, 0.25) is 0 Å². The first kappa shape index (κ1) is 14.6. The Labute approximate surface area is 136 Å². The van der Waals surface area contributed by atoms with Gasteiger partial charge >= 0.3 is 6.61 Å². The van der Waals surface area contributed by atoms with Gasteiger partial charge in [0, 0.05) is 22.8 Å². The van der Waals surface area contributed by atoms with Crippen LogP contribution < -0.4 is 9.64 Å². The van der Waals surface area contributed by atoms with E-state index in [0.29, 0.717) is 12.1 Å². The average Bonchev–Trinajstić information content (AvgIpc) is 2.90. The van der Waals surface area contributed by atoms with Crippen molar-refractivity contribution in [1.29, 1.82) is 0 Å². The van der Waals surface area contributed by atoms with Crippen LogP contribution in [0, 0.1) is 0 Å². The van der Waals surface area contributed by atoms with Crippen LogP contribution in [0.5, 0.6) is 5.75 Å². The molecular formula is C18H12F2N2O2. The van der Waals surface area contributed by atoms with E-state index in [1.807, 2.05) is 30.3 Å². The predicted molar refractivity (Wildman–Crippen MR) is 85.3 cm³/mol. The van der Waals surface area contributed by atoms with Gasteiger partial charge in [-0.05, 0) is 42.0 Å². The highest BCUT2D eigenvalue weighted by molar-refractivity contribution is 6.10. The summed E-state index contributed by atoms with van der Waals surface area (Å²) in [5, 5.41) is 0.931. The van der Waals surface area contributed by atoms with Crippen molar-refractivity contribution < 1.29 is 18.3 Å². The predicted octanol–water partition coefficient (Wildman–Crippen LogP) is 4.00. The first-order valence-corrected chi connectivity index (χ1v) is 7.36. The van der Waals surface area contributed by atoms with Crippen molar-refractivity contribution in [2.75, 3.05) is 4.90 Å². The molecule has 1 aliphatic heterocycles. The van der Waals surface area contributed by atoms with Crippen molar-refractivity contribution >= 4 is 22.5 Å². The first-order chi connectivity index (χ1) is 11.6. The first-order valence-electron chi connectivity index (χ1n) is 7.36. The number of ether oxygens (including phenoxy) is 1. The van der Waals surface area contributed by atoms with Crippen molar-refractivity contribution in [3.63, 3.8) is 0 Å². The highest BCUT2D eigenvalue weighted by Crippen LogP contribution is 2.32. The van der Waals surface area contributed by atoms with Crippen molar-refractivity contribution in [2.45, 2.75) is 13.2 Å². The SMILES string of the molecule is O=C1c2cc(OC(F)F)ccc2CN1c1ccc2ncccc2c1. The fraction of sp³-hybridized carbons (Fsp3) is 0.111. The zero-order valence-electron chi connectivity index (χ0n) is 12.4. The largest absolute Gasteiger partial charge is 0.435 e. The van der Waals surface area contributed by atoms with E-state index in [1.165, 1.54) is 12.1 Å². The number of aromatic nitrogens is 1. The molecular weight excluding hydrogens is 314 g/mol. The molecule has 0 atom stereocenters. The summed E-state index contributed by atoms with van der Waals surface area (Å²) < 4.78 is 29.0. The number of rotatable bonds is 3. The number of pyridine rings is 1. The monoisotopic (exact) mass is 326 g/mol. The van der Waals surface area contributed by atoms with Gasteiger partial charge in [-0.3, -0.25) is 9.78 Å². The molecule has 0 N–H and O–H groups in total. The highest BCUT2D eigenvalue weighted by Gasteiger charge is 2.29. The van der Waals surface area contributed by atoms with Crippen LogP contribution in [0.15, 0.2) is 54.7 Å². The smallest absolute Gasteiger partial charge is 0.387 e. The number of halogens is 2. The second kappa shape index (κ2) is 5.56. The van der Waals surface area contributed by atoms with E-state index in [4.69, 9.17) is 0 Å². The molecule has 0 spiro atoms. The Kier molecular flexibility index (Phi) is 3.37. The Bertz CT molecular complexity index is 943. The molecule has 0 saturated heterocycles. The molecule has 3 aromatic rings. The number of amides is 1. The third-order valence-corrected chi connectivity index (χ3v) is 4.01. The number of anilines is 1. The molecule has 4 nitrogen and oxygen atoms in total. The number of hydrogen-bond acceptors (Lipinski definition) is 3. The summed E-state index contributed by atoms with van der Waals surface area (Å²) >= 11 is 0. The van der Waals surface area contributed by atoms with E-state index < -0.39 is 6.61 Å². The normalized spacial score (nSPS) is 13.6. The van der Waals surface area contributed by atoms with Gasteiger partial charge in [0.1, 0.15) is 5.75 Å². The summed E-state index contributed by atoms with van der Waals surface area (Å²) in [4.78, 5) is 18.5. The lowest BCUT2D eigenvalue weighted by Crippen LogP contribution is -2.22. The topological polar surface area (TPSA) is 42.4 Å². The van der Waals surface area contributed by atoms with Gasteiger partial charge in [-0.1, -0.05) is 12.1 Å². The molecule has 4 rings (SSSR count). The van der Waals surface area contributed by atoms with Gasteiger partial charge in [0.25, 0.3) is 5.91 Å². The van der Waals surface area contributed by atoms with Crippen molar-refractivity contribution in [2.24, 2.45) is 0 Å². The molecule has 1 aromatic heterocycles. The van der Waals surface area contributed by atoms with Gasteiger partial charge in [-0.25, -0.2) is 0 Å². The van der Waals surface area contributed by atoms with Gasteiger partial charge < -0.3 is 9.64 Å². The molecule has 0 fully saturated rings. The lowest BCUT2D eigenvalue weighted by molar-refractivity contribution is -0.0498. The van der Waals surface area contributed by atoms with E-state index in [-0.39, 0.29) is 11.7 Å². The van der Waals surface area contributed by atoms with Gasteiger partial charge in [0.05, 0.1) is 12.1 Å². The molecule has 1 amide bonds. The minimum Gasteiger partial charge on any atom is -0.435 e. The quantitative estimate of drug-likeness (QED) is 0.731.